The minimum Gasteiger partial charge on any atom is -0.378 e. The zero-order valence-electron chi connectivity index (χ0n) is 35.9. The van der Waals surface area contributed by atoms with Gasteiger partial charge < -0.3 is 4.90 Å². The number of hydrogen-bond acceptors (Lipinski definition) is 2. The quantitative estimate of drug-likeness (QED) is 0.0920. The van der Waals surface area contributed by atoms with Crippen molar-refractivity contribution >= 4 is 43.6 Å². The van der Waals surface area contributed by atoms with E-state index in [2.05, 4.69) is 17.0 Å². The van der Waals surface area contributed by atoms with Gasteiger partial charge in [0, 0.05) is 25.3 Å². The molecule has 0 radical (unpaired) electrons. The first-order valence-corrected chi connectivity index (χ1v) is 21.7. The maximum Gasteiger partial charge on any atom is 0.416 e. The van der Waals surface area contributed by atoms with Gasteiger partial charge in [0.15, 0.2) is 0 Å². The molecule has 0 N–H and O–H groups in total. The summed E-state index contributed by atoms with van der Waals surface area (Å²) in [5.74, 6) is 0.667. The summed E-state index contributed by atoms with van der Waals surface area (Å²) in [5.41, 5.74) is -27.9. The van der Waals surface area contributed by atoms with Gasteiger partial charge in [-0.15, -0.1) is 4.21 Å². The minimum absolute atomic E-state index is 0.667. The highest BCUT2D eigenvalue weighted by atomic mass is 32.2. The van der Waals surface area contributed by atoms with E-state index in [0.717, 1.165) is 5.56 Å². The van der Waals surface area contributed by atoms with Gasteiger partial charge in [0.1, 0.15) is 24.4 Å². The molecule has 71 heavy (non-hydrogen) atoms. The highest BCUT2D eigenvalue weighted by Crippen LogP contribution is 2.41. The lowest BCUT2D eigenvalue weighted by molar-refractivity contribution is -0.144. The SMILES string of the molecule is CN(C)c1ccc(C[S+](C)(C)=O)cc1.FC(F)(F)c1cc([B-](c2cc(C(F)(F)F)cc(C(F)(F)F)c2)(c2cc(C(F)(F)F)cc(C(F)(F)F)c2)c2cc(C(F)(F)F)cc(C(F)(F)F)c2)cc(C(F)(F)F)c1. The number of nitrogens with zero attached hydrogens (tertiary/aromatic N) is 1. The van der Waals surface area contributed by atoms with Gasteiger partial charge in [0.05, 0.1) is 54.4 Å². The summed E-state index contributed by atoms with van der Waals surface area (Å²) in [6.07, 6.45) is -51.2. The van der Waals surface area contributed by atoms with Crippen molar-refractivity contribution in [3.63, 3.8) is 0 Å². The van der Waals surface area contributed by atoms with E-state index in [9.17, 15) is 110 Å². The molecule has 0 saturated heterocycles. The van der Waals surface area contributed by atoms with Crippen molar-refractivity contribution in [3.8, 4) is 0 Å². The third kappa shape index (κ3) is 14.1. The van der Waals surface area contributed by atoms with Crippen LogP contribution < -0.4 is 26.8 Å². The molecule has 0 heterocycles. The van der Waals surface area contributed by atoms with E-state index in [0.29, 0.717) is 5.75 Å². The highest BCUT2D eigenvalue weighted by Gasteiger charge is 2.47. The van der Waals surface area contributed by atoms with Gasteiger partial charge in [-0.1, -0.05) is 60.7 Å². The molecule has 2 nitrogen and oxygen atoms in total. The van der Waals surface area contributed by atoms with E-state index < -0.39 is 205 Å². The molecule has 0 atom stereocenters. The molecule has 390 valence electrons. The van der Waals surface area contributed by atoms with Crippen LogP contribution in [0.2, 0.25) is 0 Å². The minimum atomic E-state index is -6.13. The Hall–Kier alpha value is -5.57. The Kier molecular flexibility index (Phi) is 15.6. The summed E-state index contributed by atoms with van der Waals surface area (Å²) in [4.78, 5) is 2.05. The van der Waals surface area contributed by atoms with Crippen LogP contribution in [0.4, 0.5) is 111 Å². The Morgan fingerprint density at radius 3 is 0.676 bits per heavy atom. The lowest BCUT2D eigenvalue weighted by Crippen LogP contribution is -2.75. The summed E-state index contributed by atoms with van der Waals surface area (Å²) < 4.78 is 352. The smallest absolute Gasteiger partial charge is 0.378 e. The summed E-state index contributed by atoms with van der Waals surface area (Å²) >= 11 is 0. The summed E-state index contributed by atoms with van der Waals surface area (Å²) in [6.45, 7) is 0. The van der Waals surface area contributed by atoms with Gasteiger partial charge in [0.2, 0.25) is 0 Å². The Balaban J connectivity index is 0.000000671. The van der Waals surface area contributed by atoms with Gasteiger partial charge in [0.25, 0.3) is 0 Å². The molecule has 0 spiro atoms. The number of hydrogen-bond donors (Lipinski definition) is 0. The van der Waals surface area contributed by atoms with Gasteiger partial charge in [-0.25, -0.2) is 0 Å². The van der Waals surface area contributed by atoms with Crippen LogP contribution in [0, 0.1) is 0 Å². The molecule has 0 bridgehead atoms. The van der Waals surface area contributed by atoms with Crippen molar-refractivity contribution in [1.82, 2.24) is 0 Å². The molecule has 0 aliphatic carbocycles. The van der Waals surface area contributed by atoms with Gasteiger partial charge in [-0.3, -0.25) is 0 Å². The molecule has 5 aromatic carbocycles. The molecule has 5 aromatic rings. The number of alkyl halides is 24. The van der Waals surface area contributed by atoms with Crippen molar-refractivity contribution in [2.24, 2.45) is 0 Å². The van der Waals surface area contributed by atoms with Crippen LogP contribution in [0.3, 0.4) is 0 Å². The lowest BCUT2D eigenvalue weighted by Gasteiger charge is -2.46. The van der Waals surface area contributed by atoms with E-state index in [1.165, 1.54) is 5.69 Å². The van der Waals surface area contributed by atoms with Crippen molar-refractivity contribution in [3.05, 3.63) is 147 Å². The average molecular weight is 1080 g/mol. The van der Waals surface area contributed by atoms with Crippen LogP contribution in [-0.4, -0.2) is 32.8 Å². The van der Waals surface area contributed by atoms with E-state index in [1.54, 1.807) is 12.5 Å². The standard InChI is InChI=1S/C32H12BF24.C11H18NOS/c34-25(35,36)13-1-14(26(37,38)39)6-21(5-13)33(22-7-15(27(40,41)42)2-16(8-22)28(43,44)45,23-9-17(29(46,47)48)3-18(10-23)30(49,50)51)24-11-19(31(52,53)54)4-20(12-24)32(55,56)57;1-12(2)11-7-5-10(6-8-11)9-14(3,4)13/h1-12H;5-8H,9H2,1-4H3/q-1;+1. The average Bonchev–Trinajstić information content (AvgIpc) is 3.18. The fourth-order valence-electron chi connectivity index (χ4n) is 7.36. The monoisotopic (exact) mass is 1080 g/mol. The maximum absolute atomic E-state index is 14.2. The molecular weight excluding hydrogens is 1050 g/mol. The number of anilines is 1. The Morgan fingerprint density at radius 2 is 0.535 bits per heavy atom. The van der Waals surface area contributed by atoms with Crippen LogP contribution in [0.25, 0.3) is 0 Å². The Labute approximate surface area is 386 Å². The summed E-state index contributed by atoms with van der Waals surface area (Å²) in [5, 5.41) is 0. The van der Waals surface area contributed by atoms with Crippen molar-refractivity contribution < 1.29 is 110 Å². The molecular formula is C43H30BF24NOS. The second kappa shape index (κ2) is 19.1. The zero-order valence-corrected chi connectivity index (χ0v) is 36.7. The second-order valence-electron chi connectivity index (χ2n) is 16.4. The first-order valence-electron chi connectivity index (χ1n) is 19.2. The third-order valence-corrected chi connectivity index (χ3v) is 11.4. The highest BCUT2D eigenvalue weighted by molar-refractivity contribution is 8.00. The second-order valence-corrected chi connectivity index (χ2v) is 19.5. The largest absolute Gasteiger partial charge is 0.416 e. The first kappa shape index (κ1) is 58.0. The fraction of sp³-hybridized carbons (Fsp3) is 0.302. The fourth-order valence-corrected chi connectivity index (χ4v) is 8.36. The van der Waals surface area contributed by atoms with Gasteiger partial charge in [-0.2, -0.15) is 127 Å². The van der Waals surface area contributed by atoms with Crippen LogP contribution in [-0.2, 0) is 69.3 Å². The molecule has 0 fully saturated rings. The molecule has 0 aliphatic rings. The topological polar surface area (TPSA) is 20.3 Å². The van der Waals surface area contributed by atoms with Crippen LogP contribution in [0.15, 0.2) is 97.1 Å². The lowest BCUT2D eigenvalue weighted by atomic mass is 9.12. The number of rotatable bonds is 7. The number of benzene rings is 5. The Bertz CT molecular complexity index is 2310. The predicted octanol–water partition coefficient (Wildman–Crippen LogP) is 13.2. The maximum atomic E-state index is 14.2. The van der Waals surface area contributed by atoms with Crippen molar-refractivity contribution in [2.75, 3.05) is 31.5 Å². The predicted molar refractivity (Wildman–Crippen MR) is 214 cm³/mol. The Morgan fingerprint density at radius 1 is 0.352 bits per heavy atom. The van der Waals surface area contributed by atoms with E-state index >= 15 is 0 Å². The van der Waals surface area contributed by atoms with E-state index in [1.807, 2.05) is 26.2 Å². The summed E-state index contributed by atoms with van der Waals surface area (Å²) in [6, 6.07) is -0.611. The molecule has 0 aromatic heterocycles. The number of halogens is 24. The van der Waals surface area contributed by atoms with E-state index in [4.69, 9.17) is 0 Å². The zero-order chi connectivity index (χ0) is 54.7. The van der Waals surface area contributed by atoms with E-state index in [-0.39, 0.29) is 0 Å². The normalized spacial score (nSPS) is 13.7. The summed E-state index contributed by atoms with van der Waals surface area (Å²) in [7, 11) is 2.35. The van der Waals surface area contributed by atoms with Crippen LogP contribution >= 0.6 is 0 Å². The molecule has 0 amide bonds. The molecule has 0 aliphatic heterocycles. The van der Waals surface area contributed by atoms with Crippen molar-refractivity contribution in [2.45, 2.75) is 55.2 Å². The first-order chi connectivity index (χ1) is 31.6. The molecule has 28 heteroatoms. The molecule has 0 saturated carbocycles. The molecule has 5 rings (SSSR count). The van der Waals surface area contributed by atoms with Crippen LogP contribution in [0.1, 0.15) is 50.1 Å². The van der Waals surface area contributed by atoms with Crippen LogP contribution in [0.5, 0.6) is 0 Å². The third-order valence-electron chi connectivity index (χ3n) is 10.4. The molecule has 0 unspecified atom stereocenters. The van der Waals surface area contributed by atoms with Crippen molar-refractivity contribution in [1.29, 1.82) is 0 Å². The van der Waals surface area contributed by atoms with Gasteiger partial charge in [-0.05, 0) is 36.4 Å². The van der Waals surface area contributed by atoms with Gasteiger partial charge >= 0.3 is 49.4 Å².